The van der Waals surface area contributed by atoms with Crippen molar-refractivity contribution >= 4 is 25.3 Å². The molecule has 1 aliphatic heterocycles. The zero-order valence-corrected chi connectivity index (χ0v) is 12.1. The molecule has 1 atom stereocenters. The van der Waals surface area contributed by atoms with Gasteiger partial charge in [0.25, 0.3) is 0 Å². The summed E-state index contributed by atoms with van der Waals surface area (Å²) in [6.45, 7) is 3.82. The molecule has 0 aromatic heterocycles. The summed E-state index contributed by atoms with van der Waals surface area (Å²) in [6.07, 6.45) is 1.48. The number of alkyl halides is 2. The Labute approximate surface area is 117 Å². The minimum atomic E-state index is -3.22. The molecule has 1 unspecified atom stereocenters. The van der Waals surface area contributed by atoms with E-state index in [9.17, 15) is 13.6 Å². The number of carbonyl (C=O) groups excluding carboxylic acids is 1. The van der Waals surface area contributed by atoms with E-state index in [-0.39, 0.29) is 28.0 Å². The first kappa shape index (κ1) is 14.2. The second-order valence-electron chi connectivity index (χ2n) is 4.44. The van der Waals surface area contributed by atoms with Gasteiger partial charge in [-0.3, -0.25) is 0 Å². The maximum absolute atomic E-state index is 13.9. The molecule has 0 aliphatic carbocycles. The van der Waals surface area contributed by atoms with Gasteiger partial charge >= 0.3 is 117 Å². The van der Waals surface area contributed by atoms with Gasteiger partial charge in [-0.2, -0.15) is 0 Å². The van der Waals surface area contributed by atoms with Gasteiger partial charge in [-0.15, -0.1) is 0 Å². The zero-order chi connectivity index (χ0) is 13.9. The van der Waals surface area contributed by atoms with Crippen molar-refractivity contribution in [2.45, 2.75) is 11.2 Å². The summed E-state index contributed by atoms with van der Waals surface area (Å²) in [5.74, 6) is -5.15. The number of likely N-dealkylation sites (tertiary alicyclic amines) is 1. The second kappa shape index (κ2) is 5.85. The van der Waals surface area contributed by atoms with Gasteiger partial charge in [-0.1, -0.05) is 0 Å². The van der Waals surface area contributed by atoms with Gasteiger partial charge in [0.05, 0.1) is 0 Å². The number of halogens is 2. The molecular formula is C14H15F2NOSe. The van der Waals surface area contributed by atoms with E-state index < -0.39 is 17.7 Å². The molecule has 0 spiro atoms. The summed E-state index contributed by atoms with van der Waals surface area (Å²) in [4.78, 5) is 12.8. The predicted molar refractivity (Wildman–Crippen MR) is 71.9 cm³/mol. The quantitative estimate of drug-likeness (QED) is 0.595. The van der Waals surface area contributed by atoms with E-state index in [1.165, 1.54) is 11.0 Å². The van der Waals surface area contributed by atoms with E-state index in [4.69, 9.17) is 0 Å². The van der Waals surface area contributed by atoms with Crippen LogP contribution in [-0.2, 0) is 4.79 Å². The Morgan fingerprint density at radius 1 is 1.42 bits per heavy atom. The molecule has 5 heteroatoms. The third kappa shape index (κ3) is 3.04. The second-order valence-corrected chi connectivity index (χ2v) is 6.74. The number of rotatable bonds is 5. The van der Waals surface area contributed by atoms with Crippen LogP contribution in [0, 0.1) is 5.92 Å². The molecule has 1 fully saturated rings. The van der Waals surface area contributed by atoms with Crippen LogP contribution in [0.1, 0.15) is 0 Å². The summed E-state index contributed by atoms with van der Waals surface area (Å²) < 4.78 is 28.8. The zero-order valence-electron chi connectivity index (χ0n) is 10.4. The predicted octanol–water partition coefficient (Wildman–Crippen LogP) is 1.71. The van der Waals surface area contributed by atoms with Gasteiger partial charge in [0.15, 0.2) is 0 Å². The molecule has 2 nitrogen and oxygen atoms in total. The van der Waals surface area contributed by atoms with E-state index in [1.807, 2.05) is 30.3 Å². The van der Waals surface area contributed by atoms with E-state index in [1.54, 1.807) is 0 Å². The third-order valence-corrected chi connectivity index (χ3v) is 5.53. The fourth-order valence-electron chi connectivity index (χ4n) is 2.03. The standard InChI is InChI=1S/C14H15F2NOSe/c1-2-8-17-9-11(14(15,16)13(17)18)10-19-12-6-4-3-5-7-12/h2-7,11H,1,8-10H2. The molecule has 19 heavy (non-hydrogen) atoms. The molecule has 0 N–H and O–H groups in total. The summed E-state index contributed by atoms with van der Waals surface area (Å²) in [7, 11) is 0. The third-order valence-electron chi connectivity index (χ3n) is 3.07. The Balaban J connectivity index is 2.00. The number of nitrogens with zero attached hydrogens (tertiary/aromatic N) is 1. The van der Waals surface area contributed by atoms with Crippen LogP contribution in [0.3, 0.4) is 0 Å². The Morgan fingerprint density at radius 2 is 2.11 bits per heavy atom. The molecule has 1 aliphatic rings. The fourth-order valence-corrected chi connectivity index (χ4v) is 4.25. The van der Waals surface area contributed by atoms with Crippen LogP contribution in [0.25, 0.3) is 0 Å². The molecule has 1 aromatic carbocycles. The van der Waals surface area contributed by atoms with Crippen molar-refractivity contribution in [1.29, 1.82) is 0 Å². The maximum atomic E-state index is 13.9. The monoisotopic (exact) mass is 331 g/mol. The van der Waals surface area contributed by atoms with Crippen LogP contribution < -0.4 is 4.46 Å². The molecule has 1 amide bonds. The molecule has 2 rings (SSSR count). The summed E-state index contributed by atoms with van der Waals surface area (Å²) in [6, 6.07) is 9.59. The van der Waals surface area contributed by atoms with Crippen LogP contribution in [-0.4, -0.2) is 44.8 Å². The molecule has 0 bridgehead atoms. The molecule has 1 heterocycles. The van der Waals surface area contributed by atoms with Gasteiger partial charge in [-0.25, -0.2) is 0 Å². The SMILES string of the molecule is C=CCN1CC(C[Se]c2ccccc2)C(F)(F)C1=O. The Kier molecular flexibility index (Phi) is 4.38. The van der Waals surface area contributed by atoms with Crippen molar-refractivity contribution in [2.75, 3.05) is 13.1 Å². The molecule has 102 valence electrons. The first-order valence-corrected chi connectivity index (χ1v) is 8.08. The van der Waals surface area contributed by atoms with Gasteiger partial charge in [0.1, 0.15) is 0 Å². The normalized spacial score (nSPS) is 21.7. The molecule has 1 saturated heterocycles. The molecule has 1 aromatic rings. The molecular weight excluding hydrogens is 315 g/mol. The van der Waals surface area contributed by atoms with Crippen LogP contribution in [0.2, 0.25) is 5.32 Å². The van der Waals surface area contributed by atoms with Crippen molar-refractivity contribution in [3.63, 3.8) is 0 Å². The average Bonchev–Trinajstić information content (AvgIpc) is 2.62. The number of carbonyl (C=O) groups is 1. The van der Waals surface area contributed by atoms with Crippen molar-refractivity contribution in [2.24, 2.45) is 5.92 Å². The topological polar surface area (TPSA) is 20.3 Å². The van der Waals surface area contributed by atoms with E-state index in [2.05, 4.69) is 6.58 Å². The Morgan fingerprint density at radius 3 is 2.74 bits per heavy atom. The molecule has 0 radical (unpaired) electrons. The fraction of sp³-hybridized carbons (Fsp3) is 0.357. The average molecular weight is 330 g/mol. The first-order chi connectivity index (χ1) is 9.05. The van der Waals surface area contributed by atoms with Crippen LogP contribution in [0.15, 0.2) is 43.0 Å². The summed E-state index contributed by atoms with van der Waals surface area (Å²) in [5.41, 5.74) is 0. The summed E-state index contributed by atoms with van der Waals surface area (Å²) in [5, 5.41) is 0.378. The number of hydrogen-bond acceptors (Lipinski definition) is 1. The Bertz CT molecular complexity index is 464. The minimum absolute atomic E-state index is 0.0280. The van der Waals surface area contributed by atoms with Crippen LogP contribution in [0.4, 0.5) is 8.78 Å². The van der Waals surface area contributed by atoms with Gasteiger partial charge < -0.3 is 0 Å². The van der Waals surface area contributed by atoms with Crippen LogP contribution >= 0.6 is 0 Å². The Hall–Kier alpha value is -1.19. The van der Waals surface area contributed by atoms with Gasteiger partial charge in [0, 0.05) is 0 Å². The number of hydrogen-bond donors (Lipinski definition) is 0. The van der Waals surface area contributed by atoms with Crippen molar-refractivity contribution in [1.82, 2.24) is 4.90 Å². The molecule has 0 saturated carbocycles. The van der Waals surface area contributed by atoms with Crippen molar-refractivity contribution < 1.29 is 13.6 Å². The van der Waals surface area contributed by atoms with Crippen molar-refractivity contribution in [3.8, 4) is 0 Å². The number of benzene rings is 1. The van der Waals surface area contributed by atoms with E-state index in [0.717, 1.165) is 4.46 Å². The van der Waals surface area contributed by atoms with Crippen molar-refractivity contribution in [3.05, 3.63) is 43.0 Å². The number of amides is 1. The summed E-state index contributed by atoms with van der Waals surface area (Å²) >= 11 is -0.0280. The van der Waals surface area contributed by atoms with Gasteiger partial charge in [0.2, 0.25) is 0 Å². The van der Waals surface area contributed by atoms with Crippen LogP contribution in [0.5, 0.6) is 0 Å². The van der Waals surface area contributed by atoms with Gasteiger partial charge in [-0.05, 0) is 0 Å². The van der Waals surface area contributed by atoms with E-state index >= 15 is 0 Å². The van der Waals surface area contributed by atoms with E-state index in [0.29, 0.717) is 5.32 Å². The first-order valence-electron chi connectivity index (χ1n) is 6.01.